The molecule has 0 radical (unpaired) electrons. The topological polar surface area (TPSA) is 7.94 Å². The molecule has 0 N–H and O–H groups in total. The first kappa shape index (κ1) is 15.9. The van der Waals surface area contributed by atoms with Crippen molar-refractivity contribution in [3.8, 4) is 11.1 Å². The highest BCUT2D eigenvalue weighted by Gasteiger charge is 2.35. The fraction of sp³-hybridized carbons (Fsp3) is 0.0357. The summed E-state index contributed by atoms with van der Waals surface area (Å²) < 4.78 is 4.47. The number of rotatable bonds is 0. The number of aryl methyl sites for hydroxylation is 1. The van der Waals surface area contributed by atoms with E-state index in [1.165, 1.54) is 65.9 Å². The summed E-state index contributed by atoms with van der Waals surface area (Å²) in [5.74, 6) is 0. The Labute approximate surface area is 173 Å². The summed E-state index contributed by atoms with van der Waals surface area (Å²) in [5.41, 5.74) is 7.47. The van der Waals surface area contributed by atoms with E-state index in [2.05, 4.69) is 108 Å². The minimum Gasteiger partial charge on any atom is -0.343 e. The minimum absolute atomic E-state index is 1.17. The van der Waals surface area contributed by atoms with E-state index in [9.17, 15) is 0 Å². The lowest BCUT2D eigenvalue weighted by atomic mass is 9.97. The van der Waals surface area contributed by atoms with Gasteiger partial charge in [0.25, 0.3) is 0 Å². The standard InChI is InChI=1S/C28H19N2/c1-29-24-16-14-21-25-19-9-5-3-7-17(19)12-15-23(25)30(2)28(21)26(24)22-13-11-18-8-4-6-10-20(18)27(22)29/h3-16H,2H2,1H3/q+1. The van der Waals surface area contributed by atoms with Crippen molar-refractivity contribution in [2.24, 2.45) is 7.05 Å². The zero-order valence-electron chi connectivity index (χ0n) is 16.7. The molecule has 0 bridgehead atoms. The van der Waals surface area contributed by atoms with Gasteiger partial charge in [-0.3, -0.25) is 0 Å². The summed E-state index contributed by atoms with van der Waals surface area (Å²) in [4.78, 5) is 0. The molecule has 0 amide bonds. The van der Waals surface area contributed by atoms with Crippen LogP contribution in [0, 0.1) is 0 Å². The molecule has 2 heteroatoms. The Hall–Kier alpha value is -3.91. The highest BCUT2D eigenvalue weighted by molar-refractivity contribution is 6.25. The van der Waals surface area contributed by atoms with Crippen molar-refractivity contribution in [2.45, 2.75) is 0 Å². The maximum Gasteiger partial charge on any atom is 0.228 e. The van der Waals surface area contributed by atoms with Crippen molar-refractivity contribution in [3.63, 3.8) is 0 Å². The van der Waals surface area contributed by atoms with Crippen molar-refractivity contribution in [2.75, 3.05) is 0 Å². The molecule has 5 aromatic carbocycles. The van der Waals surface area contributed by atoms with Gasteiger partial charge in [0, 0.05) is 23.9 Å². The highest BCUT2D eigenvalue weighted by Crippen LogP contribution is 2.52. The predicted octanol–water partition coefficient (Wildman–Crippen LogP) is 7.15. The van der Waals surface area contributed by atoms with Crippen LogP contribution in [0.3, 0.4) is 0 Å². The van der Waals surface area contributed by atoms with Crippen molar-refractivity contribution in [1.29, 1.82) is 0 Å². The zero-order valence-corrected chi connectivity index (χ0v) is 16.7. The van der Waals surface area contributed by atoms with Crippen LogP contribution in [0.4, 0.5) is 11.4 Å². The van der Waals surface area contributed by atoms with Gasteiger partial charge >= 0.3 is 0 Å². The normalized spacial score (nSPS) is 12.9. The Balaban J connectivity index is 1.70. The number of hydrogen-bond donors (Lipinski definition) is 0. The van der Waals surface area contributed by atoms with Crippen molar-refractivity contribution < 1.29 is 0 Å². The molecule has 1 aliphatic heterocycles. The van der Waals surface area contributed by atoms with Crippen LogP contribution in [0.5, 0.6) is 0 Å². The number of fused-ring (bicyclic) bond motifs is 11. The molecule has 6 aromatic rings. The molecular formula is C28H19N2+. The first-order chi connectivity index (χ1) is 14.7. The fourth-order valence-electron chi connectivity index (χ4n) is 5.43. The highest BCUT2D eigenvalue weighted by atomic mass is 15.0. The van der Waals surface area contributed by atoms with Gasteiger partial charge in [-0.05, 0) is 34.4 Å². The third-order valence-electron chi connectivity index (χ3n) is 6.76. The van der Waals surface area contributed by atoms with Crippen LogP contribution in [0.15, 0.2) is 84.9 Å². The second-order valence-corrected chi connectivity index (χ2v) is 8.21. The Morgan fingerprint density at radius 2 is 1.40 bits per heavy atom. The summed E-state index contributed by atoms with van der Waals surface area (Å²) >= 11 is 0. The SMILES string of the molecule is C=[N+]1c2ccc3ccccc3c2-c2ccc3c(c21)c1ccc2ccccc2c1n3C. The lowest BCUT2D eigenvalue weighted by Crippen LogP contribution is -1.95. The molecule has 1 aliphatic rings. The Kier molecular flexibility index (Phi) is 2.85. The van der Waals surface area contributed by atoms with Crippen LogP contribution < -0.4 is 4.58 Å². The molecule has 7 rings (SSSR count). The van der Waals surface area contributed by atoms with Gasteiger partial charge < -0.3 is 4.57 Å². The van der Waals surface area contributed by atoms with E-state index >= 15 is 0 Å². The fourth-order valence-corrected chi connectivity index (χ4v) is 5.43. The summed E-state index contributed by atoms with van der Waals surface area (Å²) in [5, 5.41) is 7.68. The second kappa shape index (κ2) is 5.37. The smallest absolute Gasteiger partial charge is 0.228 e. The number of benzene rings is 5. The van der Waals surface area contributed by atoms with Gasteiger partial charge in [-0.15, -0.1) is 0 Å². The van der Waals surface area contributed by atoms with Gasteiger partial charge in [0.1, 0.15) is 6.72 Å². The van der Waals surface area contributed by atoms with Crippen LogP contribution in [-0.2, 0) is 7.05 Å². The van der Waals surface area contributed by atoms with Gasteiger partial charge in [-0.1, -0.05) is 60.7 Å². The second-order valence-electron chi connectivity index (χ2n) is 8.21. The van der Waals surface area contributed by atoms with Crippen LogP contribution in [0.1, 0.15) is 0 Å². The largest absolute Gasteiger partial charge is 0.343 e. The molecule has 0 saturated carbocycles. The third-order valence-corrected chi connectivity index (χ3v) is 6.76. The minimum atomic E-state index is 1.17. The molecule has 30 heavy (non-hydrogen) atoms. The van der Waals surface area contributed by atoms with Crippen LogP contribution in [0.25, 0.3) is 54.5 Å². The average Bonchev–Trinajstić information content (AvgIpc) is 3.26. The van der Waals surface area contributed by atoms with Crippen molar-refractivity contribution in [3.05, 3.63) is 84.9 Å². The van der Waals surface area contributed by atoms with Gasteiger partial charge in [0.2, 0.25) is 11.4 Å². The molecule has 0 fully saturated rings. The van der Waals surface area contributed by atoms with Gasteiger partial charge in [-0.25, -0.2) is 0 Å². The summed E-state index contributed by atoms with van der Waals surface area (Å²) in [6.07, 6.45) is 0. The molecule has 2 nitrogen and oxygen atoms in total. The van der Waals surface area contributed by atoms with Crippen molar-refractivity contribution >= 4 is 61.4 Å². The lowest BCUT2D eigenvalue weighted by molar-refractivity contribution is 1.02. The zero-order chi connectivity index (χ0) is 20.0. The summed E-state index contributed by atoms with van der Waals surface area (Å²) in [6.45, 7) is 4.48. The van der Waals surface area contributed by atoms with Crippen LogP contribution in [-0.4, -0.2) is 11.3 Å². The number of aromatic nitrogens is 1. The average molecular weight is 383 g/mol. The molecule has 0 aliphatic carbocycles. The molecule has 0 unspecified atom stereocenters. The molecule has 2 heterocycles. The number of nitrogens with zero attached hydrogens (tertiary/aromatic N) is 2. The quantitative estimate of drug-likeness (QED) is 0.246. The Morgan fingerprint density at radius 1 is 0.700 bits per heavy atom. The monoisotopic (exact) mass is 383 g/mol. The van der Waals surface area contributed by atoms with Gasteiger partial charge in [0.15, 0.2) is 0 Å². The van der Waals surface area contributed by atoms with E-state index in [1.807, 2.05) is 0 Å². The first-order valence-corrected chi connectivity index (χ1v) is 10.3. The number of hydrogen-bond acceptors (Lipinski definition) is 0. The summed E-state index contributed by atoms with van der Waals surface area (Å²) in [7, 11) is 2.18. The third kappa shape index (κ3) is 1.77. The van der Waals surface area contributed by atoms with E-state index in [1.54, 1.807) is 0 Å². The first-order valence-electron chi connectivity index (χ1n) is 10.3. The maximum absolute atomic E-state index is 4.48. The van der Waals surface area contributed by atoms with E-state index in [0.29, 0.717) is 0 Å². The molecule has 1 aromatic heterocycles. The van der Waals surface area contributed by atoms with Gasteiger partial charge in [0.05, 0.1) is 27.5 Å². The molecule has 0 saturated heterocycles. The van der Waals surface area contributed by atoms with E-state index in [-0.39, 0.29) is 0 Å². The molecule has 140 valence electrons. The van der Waals surface area contributed by atoms with E-state index in [0.717, 1.165) is 0 Å². The van der Waals surface area contributed by atoms with Crippen LogP contribution in [0.2, 0.25) is 0 Å². The summed E-state index contributed by atoms with van der Waals surface area (Å²) in [6, 6.07) is 30.7. The van der Waals surface area contributed by atoms with E-state index < -0.39 is 0 Å². The maximum atomic E-state index is 4.48. The van der Waals surface area contributed by atoms with Crippen LogP contribution >= 0.6 is 0 Å². The molecule has 0 spiro atoms. The Bertz CT molecular complexity index is 1720. The van der Waals surface area contributed by atoms with Crippen molar-refractivity contribution in [1.82, 2.24) is 9.14 Å². The Morgan fingerprint density at radius 3 is 2.23 bits per heavy atom. The molecular weight excluding hydrogens is 364 g/mol. The van der Waals surface area contributed by atoms with Gasteiger partial charge in [-0.2, -0.15) is 4.58 Å². The van der Waals surface area contributed by atoms with E-state index in [4.69, 9.17) is 0 Å². The predicted molar refractivity (Wildman–Crippen MR) is 129 cm³/mol. The lowest BCUT2D eigenvalue weighted by Gasteiger charge is -2.03. The molecule has 0 atom stereocenters.